The summed E-state index contributed by atoms with van der Waals surface area (Å²) in [6.45, 7) is 0.574. The molecule has 0 aliphatic heterocycles. The lowest BCUT2D eigenvalue weighted by Gasteiger charge is -1.99. The Bertz CT molecular complexity index is 476. The van der Waals surface area contributed by atoms with Gasteiger partial charge in [0.05, 0.1) is 16.8 Å². The zero-order chi connectivity index (χ0) is 10.8. The van der Waals surface area contributed by atoms with Crippen molar-refractivity contribution in [2.45, 2.75) is 12.3 Å². The predicted octanol–water partition coefficient (Wildman–Crippen LogP) is 1.90. The van der Waals surface area contributed by atoms with Crippen LogP contribution in [0.1, 0.15) is 11.4 Å². The largest absolute Gasteiger partial charge is 0.330 e. The highest BCUT2D eigenvalue weighted by molar-refractivity contribution is 7.97. The third-order valence-electron chi connectivity index (χ3n) is 2.55. The number of rotatable bonds is 3. The SMILES string of the molecule is CSCc1nc2cc(CN)ccc2n1C. The van der Waals surface area contributed by atoms with Crippen molar-refractivity contribution in [1.29, 1.82) is 0 Å². The first-order valence-corrected chi connectivity index (χ1v) is 6.29. The molecule has 0 saturated carbocycles. The zero-order valence-corrected chi connectivity index (χ0v) is 9.84. The van der Waals surface area contributed by atoms with Gasteiger partial charge in [-0.2, -0.15) is 11.8 Å². The van der Waals surface area contributed by atoms with Gasteiger partial charge in [-0.1, -0.05) is 6.07 Å². The van der Waals surface area contributed by atoms with Gasteiger partial charge in [0.25, 0.3) is 0 Å². The number of thioether (sulfide) groups is 1. The molecule has 0 spiro atoms. The molecule has 1 aromatic carbocycles. The highest BCUT2D eigenvalue weighted by Gasteiger charge is 2.06. The van der Waals surface area contributed by atoms with E-state index >= 15 is 0 Å². The Labute approximate surface area is 93.7 Å². The molecule has 0 fully saturated rings. The number of benzene rings is 1. The molecule has 0 bridgehead atoms. The monoisotopic (exact) mass is 221 g/mol. The summed E-state index contributed by atoms with van der Waals surface area (Å²) in [6.07, 6.45) is 2.09. The van der Waals surface area contributed by atoms with E-state index in [-0.39, 0.29) is 0 Å². The van der Waals surface area contributed by atoms with Gasteiger partial charge >= 0.3 is 0 Å². The predicted molar refractivity (Wildman–Crippen MR) is 65.8 cm³/mol. The number of imidazole rings is 1. The van der Waals surface area contributed by atoms with Crippen molar-refractivity contribution in [3.63, 3.8) is 0 Å². The molecule has 0 saturated heterocycles. The lowest BCUT2D eigenvalue weighted by atomic mass is 10.2. The number of fused-ring (bicyclic) bond motifs is 1. The summed E-state index contributed by atoms with van der Waals surface area (Å²) in [5.74, 6) is 2.06. The quantitative estimate of drug-likeness (QED) is 0.861. The summed E-state index contributed by atoms with van der Waals surface area (Å²) in [5.41, 5.74) is 8.96. The van der Waals surface area contributed by atoms with Gasteiger partial charge in [-0.3, -0.25) is 0 Å². The fraction of sp³-hybridized carbons (Fsp3) is 0.364. The Kier molecular flexibility index (Phi) is 2.98. The molecule has 0 atom stereocenters. The van der Waals surface area contributed by atoms with Crippen molar-refractivity contribution >= 4 is 22.8 Å². The van der Waals surface area contributed by atoms with Crippen LogP contribution in [0.3, 0.4) is 0 Å². The van der Waals surface area contributed by atoms with E-state index < -0.39 is 0 Å². The fourth-order valence-corrected chi connectivity index (χ4v) is 2.20. The van der Waals surface area contributed by atoms with E-state index in [0.717, 1.165) is 22.7 Å². The van der Waals surface area contributed by atoms with E-state index in [2.05, 4.69) is 41.1 Å². The van der Waals surface area contributed by atoms with Crippen LogP contribution in [0.4, 0.5) is 0 Å². The second-order valence-corrected chi connectivity index (χ2v) is 4.41. The van der Waals surface area contributed by atoms with Crippen LogP contribution in [0.5, 0.6) is 0 Å². The summed E-state index contributed by atoms with van der Waals surface area (Å²) in [6, 6.07) is 6.22. The number of aryl methyl sites for hydroxylation is 1. The van der Waals surface area contributed by atoms with Crippen molar-refractivity contribution in [3.05, 3.63) is 29.6 Å². The number of nitrogens with zero attached hydrogens (tertiary/aromatic N) is 2. The minimum atomic E-state index is 0.574. The van der Waals surface area contributed by atoms with Gasteiger partial charge in [0, 0.05) is 13.6 Å². The Hall–Kier alpha value is -1.00. The highest BCUT2D eigenvalue weighted by atomic mass is 32.2. The second-order valence-electron chi connectivity index (χ2n) is 3.55. The maximum Gasteiger partial charge on any atom is 0.119 e. The topological polar surface area (TPSA) is 43.8 Å². The van der Waals surface area contributed by atoms with Crippen LogP contribution in [0.25, 0.3) is 11.0 Å². The fourth-order valence-electron chi connectivity index (χ4n) is 1.68. The normalized spacial score (nSPS) is 11.1. The van der Waals surface area contributed by atoms with Crippen LogP contribution in [0, 0.1) is 0 Å². The summed E-state index contributed by atoms with van der Waals surface area (Å²) >= 11 is 1.79. The molecule has 3 nitrogen and oxygen atoms in total. The highest BCUT2D eigenvalue weighted by Crippen LogP contribution is 2.18. The van der Waals surface area contributed by atoms with E-state index in [4.69, 9.17) is 5.73 Å². The van der Waals surface area contributed by atoms with E-state index in [1.807, 2.05) is 0 Å². The first kappa shape index (κ1) is 10.5. The van der Waals surface area contributed by atoms with Gasteiger partial charge in [-0.15, -0.1) is 0 Å². The average molecular weight is 221 g/mol. The second kappa shape index (κ2) is 4.24. The third-order valence-corrected chi connectivity index (χ3v) is 3.09. The van der Waals surface area contributed by atoms with Crippen molar-refractivity contribution in [2.75, 3.05) is 6.26 Å². The van der Waals surface area contributed by atoms with Gasteiger partial charge in [0.15, 0.2) is 0 Å². The van der Waals surface area contributed by atoms with Crippen molar-refractivity contribution < 1.29 is 0 Å². The first-order chi connectivity index (χ1) is 7.26. The van der Waals surface area contributed by atoms with E-state index in [1.54, 1.807) is 11.8 Å². The summed E-state index contributed by atoms with van der Waals surface area (Å²) in [4.78, 5) is 4.60. The van der Waals surface area contributed by atoms with Gasteiger partial charge in [0.2, 0.25) is 0 Å². The molecule has 0 radical (unpaired) electrons. The van der Waals surface area contributed by atoms with Crippen LogP contribution in [-0.2, 0) is 19.3 Å². The molecule has 80 valence electrons. The van der Waals surface area contributed by atoms with Gasteiger partial charge < -0.3 is 10.3 Å². The van der Waals surface area contributed by atoms with Crippen molar-refractivity contribution in [3.8, 4) is 0 Å². The molecule has 4 heteroatoms. The maximum absolute atomic E-state index is 5.61. The minimum absolute atomic E-state index is 0.574. The standard InChI is InChI=1S/C11H15N3S/c1-14-10-4-3-8(6-12)5-9(10)13-11(14)7-15-2/h3-5H,6-7,12H2,1-2H3. The van der Waals surface area contributed by atoms with Crippen molar-refractivity contribution in [2.24, 2.45) is 12.8 Å². The molecule has 1 aromatic heterocycles. The summed E-state index contributed by atoms with van der Waals surface area (Å²) in [5, 5.41) is 0. The molecule has 0 unspecified atom stereocenters. The summed E-state index contributed by atoms with van der Waals surface area (Å²) in [7, 11) is 2.06. The summed E-state index contributed by atoms with van der Waals surface area (Å²) < 4.78 is 2.14. The molecular formula is C11H15N3S. The van der Waals surface area contributed by atoms with Gasteiger partial charge in [-0.05, 0) is 24.0 Å². The average Bonchev–Trinajstić information content (AvgIpc) is 2.56. The van der Waals surface area contributed by atoms with Gasteiger partial charge in [-0.25, -0.2) is 4.98 Å². The van der Waals surface area contributed by atoms with E-state index in [1.165, 1.54) is 5.52 Å². The minimum Gasteiger partial charge on any atom is -0.330 e. The first-order valence-electron chi connectivity index (χ1n) is 4.89. The van der Waals surface area contributed by atoms with Crippen LogP contribution in [0.2, 0.25) is 0 Å². The van der Waals surface area contributed by atoms with Crippen LogP contribution >= 0.6 is 11.8 Å². The van der Waals surface area contributed by atoms with Crippen LogP contribution < -0.4 is 5.73 Å². The van der Waals surface area contributed by atoms with E-state index in [0.29, 0.717) is 6.54 Å². The number of aromatic nitrogens is 2. The van der Waals surface area contributed by atoms with Crippen LogP contribution in [0.15, 0.2) is 18.2 Å². The van der Waals surface area contributed by atoms with Crippen LogP contribution in [-0.4, -0.2) is 15.8 Å². The Balaban J connectivity index is 2.55. The molecule has 0 aliphatic carbocycles. The molecule has 1 heterocycles. The Morgan fingerprint density at radius 2 is 2.27 bits per heavy atom. The number of nitrogens with two attached hydrogens (primary N) is 1. The molecule has 2 aromatic rings. The smallest absolute Gasteiger partial charge is 0.119 e. The molecule has 2 N–H and O–H groups in total. The maximum atomic E-state index is 5.61. The van der Waals surface area contributed by atoms with Gasteiger partial charge in [0.1, 0.15) is 5.82 Å². The zero-order valence-electron chi connectivity index (χ0n) is 9.03. The molecular weight excluding hydrogens is 206 g/mol. The lowest BCUT2D eigenvalue weighted by Crippen LogP contribution is -1.96. The third kappa shape index (κ3) is 1.87. The number of hydrogen-bond acceptors (Lipinski definition) is 3. The lowest BCUT2D eigenvalue weighted by molar-refractivity contribution is 0.876. The van der Waals surface area contributed by atoms with E-state index in [9.17, 15) is 0 Å². The molecule has 0 aliphatic rings. The van der Waals surface area contributed by atoms with Crippen molar-refractivity contribution in [1.82, 2.24) is 9.55 Å². The number of hydrogen-bond donors (Lipinski definition) is 1. The molecule has 2 rings (SSSR count). The molecule has 0 amide bonds. The molecule has 15 heavy (non-hydrogen) atoms. The Morgan fingerprint density at radius 3 is 2.93 bits per heavy atom. The Morgan fingerprint density at radius 1 is 1.47 bits per heavy atom.